The van der Waals surface area contributed by atoms with Crippen molar-refractivity contribution in [2.45, 2.75) is 33.1 Å². The number of unbranched alkanes of at least 4 members (excludes halogenated alkanes) is 2. The first-order valence-electron chi connectivity index (χ1n) is 8.30. The molecule has 2 aromatic rings. The van der Waals surface area contributed by atoms with Gasteiger partial charge >= 0.3 is 0 Å². The predicted octanol–water partition coefficient (Wildman–Crippen LogP) is 4.72. The van der Waals surface area contributed by atoms with Gasteiger partial charge in [0.15, 0.2) is 0 Å². The fourth-order valence-electron chi connectivity index (χ4n) is 2.34. The molecule has 6 heteroatoms. The Morgan fingerprint density at radius 2 is 1.88 bits per heavy atom. The van der Waals surface area contributed by atoms with Gasteiger partial charge in [0.25, 0.3) is 11.6 Å². The number of ether oxygens (including phenoxy) is 1. The smallest absolute Gasteiger partial charge is 0.269 e. The number of non-ortho nitro benzene ring substituents is 1. The maximum absolute atomic E-state index is 12.3. The van der Waals surface area contributed by atoms with E-state index in [9.17, 15) is 14.9 Å². The number of carbonyl (C=O) groups is 1. The van der Waals surface area contributed by atoms with Gasteiger partial charge in [-0.2, -0.15) is 0 Å². The lowest BCUT2D eigenvalue weighted by Crippen LogP contribution is -2.12. The molecule has 0 aliphatic carbocycles. The van der Waals surface area contributed by atoms with Crippen LogP contribution in [0, 0.1) is 17.0 Å². The average Bonchev–Trinajstić information content (AvgIpc) is 2.60. The van der Waals surface area contributed by atoms with Crippen molar-refractivity contribution in [1.29, 1.82) is 0 Å². The summed E-state index contributed by atoms with van der Waals surface area (Å²) in [5, 5.41) is 13.5. The molecule has 0 aromatic heterocycles. The van der Waals surface area contributed by atoms with Gasteiger partial charge in [0.1, 0.15) is 5.75 Å². The Kier molecular flexibility index (Phi) is 6.51. The fourth-order valence-corrected chi connectivity index (χ4v) is 2.34. The second-order valence-corrected chi connectivity index (χ2v) is 5.79. The van der Waals surface area contributed by atoms with Gasteiger partial charge in [0, 0.05) is 23.4 Å². The number of hydrogen-bond acceptors (Lipinski definition) is 4. The first-order chi connectivity index (χ1) is 12.0. The second kappa shape index (κ2) is 8.82. The highest BCUT2D eigenvalue weighted by molar-refractivity contribution is 6.04. The van der Waals surface area contributed by atoms with Crippen molar-refractivity contribution in [3.05, 3.63) is 63.7 Å². The van der Waals surface area contributed by atoms with Gasteiger partial charge in [0.05, 0.1) is 11.5 Å². The molecule has 0 aliphatic rings. The second-order valence-electron chi connectivity index (χ2n) is 5.79. The van der Waals surface area contributed by atoms with Gasteiger partial charge < -0.3 is 10.1 Å². The SMILES string of the molecule is CCCCCOc1ccc(C(=O)Nc2ccc([N+](=O)[O-])cc2C)cc1. The summed E-state index contributed by atoms with van der Waals surface area (Å²) in [5.41, 5.74) is 1.69. The average molecular weight is 342 g/mol. The Bertz CT molecular complexity index is 742. The molecule has 0 saturated heterocycles. The van der Waals surface area contributed by atoms with Crippen LogP contribution in [-0.2, 0) is 0 Å². The minimum atomic E-state index is -0.460. The quantitative estimate of drug-likeness (QED) is 0.427. The number of nitro benzene ring substituents is 1. The predicted molar refractivity (Wildman–Crippen MR) is 97.2 cm³/mol. The lowest BCUT2D eigenvalue weighted by molar-refractivity contribution is -0.384. The van der Waals surface area contributed by atoms with Crippen LogP contribution in [-0.4, -0.2) is 17.4 Å². The zero-order chi connectivity index (χ0) is 18.2. The number of anilines is 1. The fraction of sp³-hybridized carbons (Fsp3) is 0.316. The molecule has 0 spiro atoms. The molecular formula is C19H22N2O4. The van der Waals surface area contributed by atoms with Crippen LogP contribution in [0.3, 0.4) is 0 Å². The van der Waals surface area contributed by atoms with E-state index in [4.69, 9.17) is 4.74 Å². The Labute approximate surface area is 147 Å². The van der Waals surface area contributed by atoms with Crippen molar-refractivity contribution in [3.63, 3.8) is 0 Å². The minimum Gasteiger partial charge on any atom is -0.494 e. The number of nitrogens with zero attached hydrogens (tertiary/aromatic N) is 1. The number of amides is 1. The largest absolute Gasteiger partial charge is 0.494 e. The van der Waals surface area contributed by atoms with Gasteiger partial charge in [-0.05, 0) is 49.2 Å². The molecule has 0 radical (unpaired) electrons. The molecule has 0 bridgehead atoms. The van der Waals surface area contributed by atoms with Crippen molar-refractivity contribution in [2.75, 3.05) is 11.9 Å². The summed E-state index contributed by atoms with van der Waals surface area (Å²) in [6, 6.07) is 11.3. The molecule has 2 rings (SSSR count). The van der Waals surface area contributed by atoms with Crippen LogP contribution in [0.25, 0.3) is 0 Å². The van der Waals surface area contributed by atoms with Crippen LogP contribution in [0.2, 0.25) is 0 Å². The third-order valence-electron chi connectivity index (χ3n) is 3.80. The molecule has 0 aliphatic heterocycles. The molecular weight excluding hydrogens is 320 g/mol. The lowest BCUT2D eigenvalue weighted by atomic mass is 10.1. The number of hydrogen-bond donors (Lipinski definition) is 1. The Morgan fingerprint density at radius 1 is 1.16 bits per heavy atom. The minimum absolute atomic E-state index is 0.0000682. The highest BCUT2D eigenvalue weighted by Crippen LogP contribution is 2.22. The molecule has 0 atom stereocenters. The van der Waals surface area contributed by atoms with Crippen LogP contribution in [0.15, 0.2) is 42.5 Å². The summed E-state index contributed by atoms with van der Waals surface area (Å²) < 4.78 is 5.62. The molecule has 1 N–H and O–H groups in total. The highest BCUT2D eigenvalue weighted by Gasteiger charge is 2.11. The topological polar surface area (TPSA) is 81.5 Å². The van der Waals surface area contributed by atoms with Crippen LogP contribution in [0.1, 0.15) is 42.1 Å². The molecule has 2 aromatic carbocycles. The zero-order valence-corrected chi connectivity index (χ0v) is 14.5. The van der Waals surface area contributed by atoms with E-state index in [-0.39, 0.29) is 11.6 Å². The Morgan fingerprint density at radius 3 is 2.48 bits per heavy atom. The first kappa shape index (κ1) is 18.4. The maximum Gasteiger partial charge on any atom is 0.269 e. The maximum atomic E-state index is 12.3. The molecule has 1 amide bonds. The van der Waals surface area contributed by atoms with Crippen molar-refractivity contribution < 1.29 is 14.5 Å². The van der Waals surface area contributed by atoms with Crippen molar-refractivity contribution in [3.8, 4) is 5.75 Å². The zero-order valence-electron chi connectivity index (χ0n) is 14.5. The third kappa shape index (κ3) is 5.31. The molecule has 25 heavy (non-hydrogen) atoms. The molecule has 0 saturated carbocycles. The summed E-state index contributed by atoms with van der Waals surface area (Å²) in [7, 11) is 0. The normalized spacial score (nSPS) is 10.3. The van der Waals surface area contributed by atoms with Crippen molar-refractivity contribution >= 4 is 17.3 Å². The van der Waals surface area contributed by atoms with E-state index in [1.807, 2.05) is 0 Å². The van der Waals surface area contributed by atoms with E-state index in [0.717, 1.165) is 25.0 Å². The number of nitrogens with one attached hydrogen (secondary N) is 1. The van der Waals surface area contributed by atoms with Gasteiger partial charge in [-0.3, -0.25) is 14.9 Å². The standard InChI is InChI=1S/C19H22N2O4/c1-3-4-5-12-25-17-9-6-15(7-10-17)19(22)20-18-11-8-16(21(23)24)13-14(18)2/h6-11,13H,3-5,12H2,1-2H3,(H,20,22). The number of benzene rings is 2. The van der Waals surface area contributed by atoms with Crippen LogP contribution < -0.4 is 10.1 Å². The Hall–Kier alpha value is -2.89. The van der Waals surface area contributed by atoms with Crippen molar-refractivity contribution in [1.82, 2.24) is 0 Å². The van der Waals surface area contributed by atoms with E-state index in [0.29, 0.717) is 23.4 Å². The number of carbonyl (C=O) groups excluding carboxylic acids is 1. The summed E-state index contributed by atoms with van der Waals surface area (Å²) >= 11 is 0. The van der Waals surface area contributed by atoms with Gasteiger partial charge in [-0.25, -0.2) is 0 Å². The highest BCUT2D eigenvalue weighted by atomic mass is 16.6. The van der Waals surface area contributed by atoms with Crippen molar-refractivity contribution in [2.24, 2.45) is 0 Å². The van der Waals surface area contributed by atoms with Crippen LogP contribution in [0.5, 0.6) is 5.75 Å². The van der Waals surface area contributed by atoms with E-state index in [1.54, 1.807) is 31.2 Å². The van der Waals surface area contributed by atoms with E-state index >= 15 is 0 Å². The first-order valence-corrected chi connectivity index (χ1v) is 8.30. The summed E-state index contributed by atoms with van der Waals surface area (Å²) in [5.74, 6) is 0.466. The van der Waals surface area contributed by atoms with Crippen LogP contribution >= 0.6 is 0 Å². The molecule has 6 nitrogen and oxygen atoms in total. The summed E-state index contributed by atoms with van der Waals surface area (Å²) in [4.78, 5) is 22.6. The monoisotopic (exact) mass is 342 g/mol. The Balaban J connectivity index is 1.98. The third-order valence-corrected chi connectivity index (χ3v) is 3.80. The molecule has 0 fully saturated rings. The number of aryl methyl sites for hydroxylation is 1. The lowest BCUT2D eigenvalue weighted by Gasteiger charge is -2.09. The van der Waals surface area contributed by atoms with Gasteiger partial charge in [-0.15, -0.1) is 0 Å². The van der Waals surface area contributed by atoms with E-state index < -0.39 is 4.92 Å². The number of rotatable bonds is 8. The molecule has 0 unspecified atom stereocenters. The van der Waals surface area contributed by atoms with Crippen LogP contribution in [0.4, 0.5) is 11.4 Å². The van der Waals surface area contributed by atoms with Gasteiger partial charge in [0.2, 0.25) is 0 Å². The van der Waals surface area contributed by atoms with E-state index in [1.165, 1.54) is 18.2 Å². The molecule has 0 heterocycles. The van der Waals surface area contributed by atoms with Gasteiger partial charge in [-0.1, -0.05) is 19.8 Å². The van der Waals surface area contributed by atoms with E-state index in [2.05, 4.69) is 12.2 Å². The summed E-state index contributed by atoms with van der Waals surface area (Å²) in [6.07, 6.45) is 3.29. The number of nitro groups is 1. The molecule has 132 valence electrons. The summed E-state index contributed by atoms with van der Waals surface area (Å²) in [6.45, 7) is 4.53.